The third kappa shape index (κ3) is 2.94. The summed E-state index contributed by atoms with van der Waals surface area (Å²) >= 11 is 0. The summed E-state index contributed by atoms with van der Waals surface area (Å²) in [4.78, 5) is 11.4. The third-order valence-corrected chi connectivity index (χ3v) is 2.51. The fourth-order valence-electron chi connectivity index (χ4n) is 1.77. The van der Waals surface area contributed by atoms with Crippen LogP contribution in [0.15, 0.2) is 0 Å². The van der Waals surface area contributed by atoms with Gasteiger partial charge in [-0.3, -0.25) is 4.79 Å². The molecule has 2 heteroatoms. The highest BCUT2D eigenvalue weighted by atomic mass is 16.5. The van der Waals surface area contributed by atoms with E-state index in [1.54, 1.807) is 0 Å². The van der Waals surface area contributed by atoms with Crippen molar-refractivity contribution in [3.05, 3.63) is 0 Å². The first-order valence-electron chi connectivity index (χ1n) is 4.95. The van der Waals surface area contributed by atoms with Gasteiger partial charge >= 0.3 is 0 Å². The lowest BCUT2D eigenvalue weighted by molar-refractivity contribution is -0.123. The molecule has 1 aliphatic carbocycles. The number of Topliss-reactive ketones (excluding diaryl/α,β-unsaturated/α-hetero) is 1. The zero-order chi connectivity index (χ0) is 8.81. The Morgan fingerprint density at radius 3 is 2.67 bits per heavy atom. The van der Waals surface area contributed by atoms with Crippen LogP contribution in [0.4, 0.5) is 0 Å². The molecule has 0 N–H and O–H groups in total. The van der Waals surface area contributed by atoms with Gasteiger partial charge in [0.25, 0.3) is 0 Å². The summed E-state index contributed by atoms with van der Waals surface area (Å²) in [6, 6.07) is 0. The van der Waals surface area contributed by atoms with Crippen molar-refractivity contribution >= 4 is 5.78 Å². The highest BCUT2D eigenvalue weighted by Gasteiger charge is 2.21. The van der Waals surface area contributed by atoms with E-state index in [0.717, 1.165) is 19.4 Å². The van der Waals surface area contributed by atoms with Gasteiger partial charge in [0.15, 0.2) is 0 Å². The molecule has 0 aliphatic heterocycles. The minimum Gasteiger partial charge on any atom is -0.381 e. The molecule has 0 unspecified atom stereocenters. The fourth-order valence-corrected chi connectivity index (χ4v) is 1.77. The normalized spacial score (nSPS) is 18.4. The van der Waals surface area contributed by atoms with E-state index >= 15 is 0 Å². The number of ether oxygens (including phenoxy) is 1. The fraction of sp³-hybridized carbons (Fsp3) is 0.900. The first-order chi connectivity index (χ1) is 5.84. The van der Waals surface area contributed by atoms with E-state index in [-0.39, 0.29) is 0 Å². The summed E-state index contributed by atoms with van der Waals surface area (Å²) in [7, 11) is 0. The van der Waals surface area contributed by atoms with Crippen molar-refractivity contribution < 1.29 is 9.53 Å². The second kappa shape index (κ2) is 5.31. The quantitative estimate of drug-likeness (QED) is 0.591. The van der Waals surface area contributed by atoms with Crippen LogP contribution in [0.3, 0.4) is 0 Å². The molecule has 1 rings (SSSR count). The molecule has 2 nitrogen and oxygen atoms in total. The summed E-state index contributed by atoms with van der Waals surface area (Å²) in [6.07, 6.45) is 5.34. The van der Waals surface area contributed by atoms with Crippen molar-refractivity contribution in [3.8, 4) is 0 Å². The first kappa shape index (κ1) is 9.72. The highest BCUT2D eigenvalue weighted by Crippen LogP contribution is 2.26. The molecule has 0 heterocycles. The van der Waals surface area contributed by atoms with Crippen LogP contribution in [0.1, 0.15) is 39.0 Å². The van der Waals surface area contributed by atoms with Gasteiger partial charge in [-0.05, 0) is 19.8 Å². The summed E-state index contributed by atoms with van der Waals surface area (Å²) in [5, 5.41) is 0. The van der Waals surface area contributed by atoms with E-state index in [1.807, 2.05) is 6.92 Å². The second-order valence-electron chi connectivity index (χ2n) is 3.39. The second-order valence-corrected chi connectivity index (χ2v) is 3.39. The highest BCUT2D eigenvalue weighted by molar-refractivity contribution is 5.81. The van der Waals surface area contributed by atoms with Crippen LogP contribution in [-0.4, -0.2) is 19.0 Å². The van der Waals surface area contributed by atoms with Gasteiger partial charge in [-0.1, -0.05) is 12.8 Å². The number of hydrogen-bond acceptors (Lipinski definition) is 2. The Labute approximate surface area is 74.3 Å². The van der Waals surface area contributed by atoms with Crippen molar-refractivity contribution in [1.29, 1.82) is 0 Å². The average Bonchev–Trinajstić information content (AvgIpc) is 2.56. The topological polar surface area (TPSA) is 26.3 Å². The van der Waals surface area contributed by atoms with Crippen molar-refractivity contribution in [3.63, 3.8) is 0 Å². The van der Waals surface area contributed by atoms with Crippen molar-refractivity contribution in [2.24, 2.45) is 5.92 Å². The van der Waals surface area contributed by atoms with Crippen LogP contribution >= 0.6 is 0 Å². The lowest BCUT2D eigenvalue weighted by atomic mass is 10.0. The minimum atomic E-state index is 0.366. The Kier molecular flexibility index (Phi) is 4.30. The Hall–Kier alpha value is -0.370. The van der Waals surface area contributed by atoms with Gasteiger partial charge in [0.1, 0.15) is 5.78 Å². The van der Waals surface area contributed by atoms with Crippen LogP contribution in [0, 0.1) is 5.92 Å². The first-order valence-corrected chi connectivity index (χ1v) is 4.95. The van der Waals surface area contributed by atoms with Crippen LogP contribution in [0.2, 0.25) is 0 Å². The molecule has 0 saturated heterocycles. The van der Waals surface area contributed by atoms with Crippen LogP contribution in [0.25, 0.3) is 0 Å². The molecule has 0 amide bonds. The van der Waals surface area contributed by atoms with Crippen LogP contribution in [-0.2, 0) is 9.53 Å². The maximum absolute atomic E-state index is 11.4. The standard InChI is InChI=1S/C10H18O2/c1-2-12-8-7-10(11)9-5-3-4-6-9/h9H,2-8H2,1H3. The number of carbonyl (C=O) groups excluding carboxylic acids is 1. The monoisotopic (exact) mass is 170 g/mol. The Balaban J connectivity index is 2.10. The summed E-state index contributed by atoms with van der Waals surface area (Å²) in [6.45, 7) is 3.30. The molecule has 12 heavy (non-hydrogen) atoms. The van der Waals surface area contributed by atoms with Gasteiger partial charge in [0, 0.05) is 18.9 Å². The summed E-state index contributed by atoms with van der Waals surface area (Å²) < 4.78 is 5.14. The van der Waals surface area contributed by atoms with Gasteiger partial charge in [-0.2, -0.15) is 0 Å². The van der Waals surface area contributed by atoms with E-state index in [1.165, 1.54) is 12.8 Å². The molecule has 1 saturated carbocycles. The predicted molar refractivity (Wildman–Crippen MR) is 48.1 cm³/mol. The van der Waals surface area contributed by atoms with Gasteiger partial charge in [0.2, 0.25) is 0 Å². The molecule has 0 atom stereocenters. The molecule has 0 aromatic carbocycles. The average molecular weight is 170 g/mol. The van der Waals surface area contributed by atoms with Gasteiger partial charge in [-0.15, -0.1) is 0 Å². The van der Waals surface area contributed by atoms with Crippen LogP contribution in [0.5, 0.6) is 0 Å². The molecule has 0 aromatic rings. The third-order valence-electron chi connectivity index (χ3n) is 2.51. The van der Waals surface area contributed by atoms with E-state index in [0.29, 0.717) is 24.7 Å². The van der Waals surface area contributed by atoms with E-state index in [9.17, 15) is 4.79 Å². The molecule has 70 valence electrons. The Bertz CT molecular complexity index is 137. The van der Waals surface area contributed by atoms with Crippen molar-refractivity contribution in [2.75, 3.05) is 13.2 Å². The molecule has 1 fully saturated rings. The lowest BCUT2D eigenvalue weighted by Crippen LogP contribution is -2.13. The molecule has 0 radical (unpaired) electrons. The maximum Gasteiger partial charge on any atom is 0.138 e. The Morgan fingerprint density at radius 1 is 1.42 bits per heavy atom. The Morgan fingerprint density at radius 2 is 2.08 bits per heavy atom. The van der Waals surface area contributed by atoms with Crippen molar-refractivity contribution in [2.45, 2.75) is 39.0 Å². The SMILES string of the molecule is CCOCCC(=O)C1CCCC1. The summed E-state index contributed by atoms with van der Waals surface area (Å²) in [5.74, 6) is 0.784. The number of rotatable bonds is 5. The zero-order valence-corrected chi connectivity index (χ0v) is 7.84. The molecule has 0 spiro atoms. The van der Waals surface area contributed by atoms with E-state index in [4.69, 9.17) is 4.74 Å². The number of carbonyl (C=O) groups is 1. The molecule has 1 aliphatic rings. The van der Waals surface area contributed by atoms with Crippen LogP contribution < -0.4 is 0 Å². The number of hydrogen-bond donors (Lipinski definition) is 0. The van der Waals surface area contributed by atoms with E-state index < -0.39 is 0 Å². The van der Waals surface area contributed by atoms with Crippen molar-refractivity contribution in [1.82, 2.24) is 0 Å². The maximum atomic E-state index is 11.4. The molecular weight excluding hydrogens is 152 g/mol. The zero-order valence-electron chi connectivity index (χ0n) is 7.84. The predicted octanol–water partition coefficient (Wildman–Crippen LogP) is 2.17. The molecular formula is C10H18O2. The van der Waals surface area contributed by atoms with E-state index in [2.05, 4.69) is 0 Å². The van der Waals surface area contributed by atoms with Gasteiger partial charge < -0.3 is 4.74 Å². The van der Waals surface area contributed by atoms with Gasteiger partial charge in [-0.25, -0.2) is 0 Å². The van der Waals surface area contributed by atoms with Gasteiger partial charge in [0.05, 0.1) is 6.61 Å². The minimum absolute atomic E-state index is 0.366. The summed E-state index contributed by atoms with van der Waals surface area (Å²) in [5.41, 5.74) is 0. The smallest absolute Gasteiger partial charge is 0.138 e. The lowest BCUT2D eigenvalue weighted by Gasteiger charge is -2.06. The molecule has 0 bridgehead atoms. The molecule has 0 aromatic heterocycles. The number of ketones is 1. The largest absolute Gasteiger partial charge is 0.381 e.